The van der Waals surface area contributed by atoms with Gasteiger partial charge >= 0.3 is 0 Å². The lowest BCUT2D eigenvalue weighted by atomic mass is 10.0. The van der Waals surface area contributed by atoms with Gasteiger partial charge in [-0.05, 0) is 47.8 Å². The molecule has 1 aliphatic rings. The van der Waals surface area contributed by atoms with E-state index in [4.69, 9.17) is 0 Å². The van der Waals surface area contributed by atoms with Crippen LogP contribution < -0.4 is 5.32 Å². The van der Waals surface area contributed by atoms with Crippen LogP contribution >= 0.6 is 27.3 Å². The maximum Gasteiger partial charge on any atom is 0.245 e. The summed E-state index contributed by atoms with van der Waals surface area (Å²) in [4.78, 5) is 27.3. The maximum atomic E-state index is 12.4. The largest absolute Gasteiger partial charge is 0.343 e. The van der Waals surface area contributed by atoms with E-state index in [1.807, 2.05) is 13.0 Å². The molecule has 2 rings (SSSR count). The number of halogens is 1. The van der Waals surface area contributed by atoms with Gasteiger partial charge in [0.1, 0.15) is 12.1 Å². The van der Waals surface area contributed by atoms with Crippen LogP contribution in [0, 0.1) is 0 Å². The molecule has 4 nitrogen and oxygen atoms in total. The zero-order valence-corrected chi connectivity index (χ0v) is 14.1. The monoisotopic (exact) mass is 358 g/mol. The quantitative estimate of drug-likeness (QED) is 0.879. The molecule has 1 fully saturated rings. The average molecular weight is 359 g/mol. The third kappa shape index (κ3) is 3.41. The Kier molecular flexibility index (Phi) is 5.21. The highest BCUT2D eigenvalue weighted by molar-refractivity contribution is 9.11. The number of carbonyl (C=O) groups is 2. The Balaban J connectivity index is 2.03. The van der Waals surface area contributed by atoms with Gasteiger partial charge in [0, 0.05) is 11.4 Å². The van der Waals surface area contributed by atoms with Crippen molar-refractivity contribution in [3.8, 4) is 0 Å². The number of carbonyl (C=O) groups excluding carboxylic acids is 2. The van der Waals surface area contributed by atoms with E-state index >= 15 is 0 Å². The summed E-state index contributed by atoms with van der Waals surface area (Å²) in [5.74, 6) is 0.00461. The van der Waals surface area contributed by atoms with Crippen LogP contribution in [0.5, 0.6) is 0 Å². The fourth-order valence-corrected chi connectivity index (χ4v) is 3.86. The summed E-state index contributed by atoms with van der Waals surface area (Å²) in [7, 11) is 0. The standard InChI is InChI=1S/C14H19BrN2O2S/c1-3-4-11-14(19)17(9(2)13(18)16-11)8-7-10-5-6-12(15)20-10/h5-6,9,11H,3-4,7-8H2,1-2H3,(H,16,18). The Hall–Kier alpha value is -0.880. The van der Waals surface area contributed by atoms with E-state index in [-0.39, 0.29) is 23.9 Å². The first-order valence-electron chi connectivity index (χ1n) is 6.88. The van der Waals surface area contributed by atoms with Crippen molar-refractivity contribution in [2.24, 2.45) is 0 Å². The highest BCUT2D eigenvalue weighted by Gasteiger charge is 2.37. The molecule has 110 valence electrons. The van der Waals surface area contributed by atoms with Crippen LogP contribution in [-0.2, 0) is 16.0 Å². The molecule has 0 saturated carbocycles. The van der Waals surface area contributed by atoms with E-state index in [0.717, 1.165) is 16.6 Å². The first-order chi connectivity index (χ1) is 9.52. The second-order valence-corrected chi connectivity index (χ2v) is 7.56. The smallest absolute Gasteiger partial charge is 0.245 e. The van der Waals surface area contributed by atoms with Gasteiger partial charge in [-0.25, -0.2) is 0 Å². The topological polar surface area (TPSA) is 49.4 Å². The minimum atomic E-state index is -0.376. The lowest BCUT2D eigenvalue weighted by Gasteiger charge is -2.37. The molecule has 0 aromatic carbocycles. The minimum Gasteiger partial charge on any atom is -0.343 e. The van der Waals surface area contributed by atoms with Gasteiger partial charge in [0.2, 0.25) is 11.8 Å². The van der Waals surface area contributed by atoms with Crippen molar-refractivity contribution in [3.63, 3.8) is 0 Å². The summed E-state index contributed by atoms with van der Waals surface area (Å²) in [6.45, 7) is 4.41. The van der Waals surface area contributed by atoms with Crippen molar-refractivity contribution < 1.29 is 9.59 Å². The van der Waals surface area contributed by atoms with Crippen LogP contribution in [0.25, 0.3) is 0 Å². The van der Waals surface area contributed by atoms with E-state index in [2.05, 4.69) is 27.3 Å². The molecule has 2 unspecified atom stereocenters. The number of rotatable bonds is 5. The molecule has 0 radical (unpaired) electrons. The average Bonchev–Trinajstić information content (AvgIpc) is 2.82. The van der Waals surface area contributed by atoms with Crippen LogP contribution in [0.3, 0.4) is 0 Å². The fourth-order valence-electron chi connectivity index (χ4n) is 2.39. The molecule has 1 aromatic rings. The van der Waals surface area contributed by atoms with Crippen LogP contribution in [0.4, 0.5) is 0 Å². The molecular formula is C14H19BrN2O2S. The third-order valence-corrected chi connectivity index (χ3v) is 5.23. The number of thiophene rings is 1. The molecule has 1 aliphatic heterocycles. The van der Waals surface area contributed by atoms with Gasteiger partial charge in [0.25, 0.3) is 0 Å². The molecule has 2 heterocycles. The molecule has 0 aliphatic carbocycles. The molecule has 1 N–H and O–H groups in total. The maximum absolute atomic E-state index is 12.4. The van der Waals surface area contributed by atoms with Gasteiger partial charge in [-0.2, -0.15) is 0 Å². The van der Waals surface area contributed by atoms with E-state index in [9.17, 15) is 9.59 Å². The first-order valence-corrected chi connectivity index (χ1v) is 8.49. The number of amides is 2. The number of nitrogens with one attached hydrogen (secondary N) is 1. The summed E-state index contributed by atoms with van der Waals surface area (Å²) in [6, 6.07) is 3.34. The van der Waals surface area contributed by atoms with E-state index < -0.39 is 0 Å². The molecule has 0 bridgehead atoms. The van der Waals surface area contributed by atoms with Crippen molar-refractivity contribution >= 4 is 39.1 Å². The fraction of sp³-hybridized carbons (Fsp3) is 0.571. The summed E-state index contributed by atoms with van der Waals surface area (Å²) >= 11 is 5.10. The highest BCUT2D eigenvalue weighted by atomic mass is 79.9. The summed E-state index contributed by atoms with van der Waals surface area (Å²) in [5.41, 5.74) is 0. The van der Waals surface area contributed by atoms with Gasteiger partial charge in [-0.1, -0.05) is 13.3 Å². The van der Waals surface area contributed by atoms with Gasteiger partial charge in [-0.15, -0.1) is 11.3 Å². The van der Waals surface area contributed by atoms with Crippen LogP contribution in [0.15, 0.2) is 15.9 Å². The Bertz CT molecular complexity index is 503. The van der Waals surface area contributed by atoms with Gasteiger partial charge in [0.15, 0.2) is 0 Å². The summed E-state index contributed by atoms with van der Waals surface area (Å²) in [5, 5.41) is 2.81. The summed E-state index contributed by atoms with van der Waals surface area (Å²) in [6.07, 6.45) is 2.38. The van der Waals surface area contributed by atoms with Crippen LogP contribution in [0.2, 0.25) is 0 Å². The number of piperazine rings is 1. The van der Waals surface area contributed by atoms with Crippen molar-refractivity contribution in [2.75, 3.05) is 6.54 Å². The minimum absolute atomic E-state index is 0.0459. The molecular weight excluding hydrogens is 340 g/mol. The zero-order valence-electron chi connectivity index (χ0n) is 11.7. The molecule has 20 heavy (non-hydrogen) atoms. The number of hydrogen-bond acceptors (Lipinski definition) is 3. The Morgan fingerprint density at radius 2 is 2.15 bits per heavy atom. The van der Waals surface area contributed by atoms with E-state index in [1.54, 1.807) is 23.2 Å². The van der Waals surface area contributed by atoms with Gasteiger partial charge < -0.3 is 10.2 Å². The first kappa shape index (κ1) is 15.5. The van der Waals surface area contributed by atoms with Crippen molar-refractivity contribution in [1.82, 2.24) is 10.2 Å². The second-order valence-electron chi connectivity index (χ2n) is 5.01. The van der Waals surface area contributed by atoms with Crippen LogP contribution in [-0.4, -0.2) is 35.3 Å². The molecule has 2 amide bonds. The predicted molar refractivity (Wildman–Crippen MR) is 83.7 cm³/mol. The highest BCUT2D eigenvalue weighted by Crippen LogP contribution is 2.23. The van der Waals surface area contributed by atoms with E-state index in [0.29, 0.717) is 13.0 Å². The van der Waals surface area contributed by atoms with Gasteiger partial charge in [0.05, 0.1) is 3.79 Å². The van der Waals surface area contributed by atoms with E-state index in [1.165, 1.54) is 4.88 Å². The summed E-state index contributed by atoms with van der Waals surface area (Å²) < 4.78 is 1.09. The van der Waals surface area contributed by atoms with Crippen molar-refractivity contribution in [2.45, 2.75) is 45.2 Å². The predicted octanol–water partition coefficient (Wildman–Crippen LogP) is 2.57. The number of nitrogens with zero attached hydrogens (tertiary/aromatic N) is 1. The molecule has 2 atom stereocenters. The third-order valence-electron chi connectivity index (χ3n) is 3.55. The normalized spacial score (nSPS) is 23.1. The molecule has 1 aromatic heterocycles. The molecule has 6 heteroatoms. The van der Waals surface area contributed by atoms with Crippen molar-refractivity contribution in [1.29, 1.82) is 0 Å². The lowest BCUT2D eigenvalue weighted by molar-refractivity contribution is -0.148. The Labute approximate surface area is 131 Å². The zero-order chi connectivity index (χ0) is 14.7. The van der Waals surface area contributed by atoms with Crippen molar-refractivity contribution in [3.05, 3.63) is 20.8 Å². The number of hydrogen-bond donors (Lipinski definition) is 1. The Morgan fingerprint density at radius 1 is 1.40 bits per heavy atom. The second kappa shape index (κ2) is 6.72. The SMILES string of the molecule is CCCC1NC(=O)C(C)N(CCc2ccc(Br)s2)C1=O. The van der Waals surface area contributed by atoms with Gasteiger partial charge in [-0.3, -0.25) is 9.59 Å². The Morgan fingerprint density at radius 3 is 2.75 bits per heavy atom. The molecule has 0 spiro atoms. The van der Waals surface area contributed by atoms with Crippen LogP contribution in [0.1, 0.15) is 31.6 Å². The lowest BCUT2D eigenvalue weighted by Crippen LogP contribution is -2.62. The molecule has 1 saturated heterocycles.